The summed E-state index contributed by atoms with van der Waals surface area (Å²) in [6.45, 7) is 4.42. The van der Waals surface area contributed by atoms with Gasteiger partial charge in [-0.3, -0.25) is 0 Å². The molecule has 2 fully saturated rings. The van der Waals surface area contributed by atoms with Gasteiger partial charge >= 0.3 is 0 Å². The topological polar surface area (TPSA) is 0 Å². The van der Waals surface area contributed by atoms with Crippen molar-refractivity contribution < 1.29 is 4.39 Å². The minimum Gasteiger partial charge on any atom is -0.244 e. The maximum Gasteiger partial charge on any atom is 0.111 e. The third kappa shape index (κ3) is 4.20. The highest BCUT2D eigenvalue weighted by atomic mass is 19.1. The van der Waals surface area contributed by atoms with Gasteiger partial charge in [-0.1, -0.05) is 46.0 Å². The minimum absolute atomic E-state index is 0.795. The third-order valence-corrected chi connectivity index (χ3v) is 5.88. The van der Waals surface area contributed by atoms with Gasteiger partial charge in [-0.15, -0.1) is 0 Å². The molecule has 0 radical (unpaired) electrons. The fraction of sp³-hybridized carbons (Fsp3) is 1.00. The van der Waals surface area contributed by atoms with Crippen LogP contribution in [0.15, 0.2) is 0 Å². The Morgan fingerprint density at radius 1 is 0.842 bits per heavy atom. The highest BCUT2D eigenvalue weighted by Crippen LogP contribution is 2.45. The van der Waals surface area contributed by atoms with Gasteiger partial charge in [0.25, 0.3) is 0 Å². The number of alkyl halides is 1. The molecular formula is C18H33F. The van der Waals surface area contributed by atoms with Crippen LogP contribution in [0.1, 0.15) is 90.9 Å². The smallest absolute Gasteiger partial charge is 0.111 e. The fourth-order valence-electron chi connectivity index (χ4n) is 4.68. The molecule has 0 aromatic carbocycles. The van der Waals surface area contributed by atoms with Gasteiger partial charge in [0.2, 0.25) is 0 Å². The summed E-state index contributed by atoms with van der Waals surface area (Å²) in [7, 11) is 0. The zero-order valence-electron chi connectivity index (χ0n) is 13.1. The number of hydrogen-bond donors (Lipinski definition) is 0. The van der Waals surface area contributed by atoms with E-state index >= 15 is 0 Å². The SMILES string of the molecule is CCCC1(F)CCC([C@H]2CC[C@H](CCC)CC2)CC1. The average molecular weight is 268 g/mol. The van der Waals surface area contributed by atoms with E-state index in [0.29, 0.717) is 0 Å². The van der Waals surface area contributed by atoms with Crippen LogP contribution in [0, 0.1) is 17.8 Å². The lowest BCUT2D eigenvalue weighted by atomic mass is 9.67. The molecular weight excluding hydrogens is 235 g/mol. The largest absolute Gasteiger partial charge is 0.244 e. The van der Waals surface area contributed by atoms with E-state index < -0.39 is 5.67 Å². The van der Waals surface area contributed by atoms with Crippen molar-refractivity contribution in [1.29, 1.82) is 0 Å². The van der Waals surface area contributed by atoms with Crippen molar-refractivity contribution in [2.45, 2.75) is 96.6 Å². The van der Waals surface area contributed by atoms with Gasteiger partial charge in [0.15, 0.2) is 0 Å². The second-order valence-electron chi connectivity index (χ2n) is 7.31. The highest BCUT2D eigenvalue weighted by molar-refractivity contribution is 4.89. The Hall–Kier alpha value is -0.0700. The first-order valence-corrected chi connectivity index (χ1v) is 8.85. The normalized spacial score (nSPS) is 40.3. The van der Waals surface area contributed by atoms with Crippen LogP contribution in [0.2, 0.25) is 0 Å². The second-order valence-corrected chi connectivity index (χ2v) is 7.31. The van der Waals surface area contributed by atoms with Gasteiger partial charge in [-0.2, -0.15) is 0 Å². The Morgan fingerprint density at radius 3 is 1.95 bits per heavy atom. The van der Waals surface area contributed by atoms with Crippen molar-refractivity contribution in [2.75, 3.05) is 0 Å². The van der Waals surface area contributed by atoms with Gasteiger partial charge in [0.05, 0.1) is 0 Å². The van der Waals surface area contributed by atoms with Gasteiger partial charge in [0, 0.05) is 0 Å². The van der Waals surface area contributed by atoms with E-state index in [1.54, 1.807) is 0 Å². The second kappa shape index (κ2) is 7.09. The first kappa shape index (κ1) is 15.3. The van der Waals surface area contributed by atoms with E-state index in [0.717, 1.165) is 43.4 Å². The van der Waals surface area contributed by atoms with Crippen LogP contribution in [0.3, 0.4) is 0 Å². The van der Waals surface area contributed by atoms with Crippen molar-refractivity contribution in [1.82, 2.24) is 0 Å². The molecule has 0 aromatic rings. The van der Waals surface area contributed by atoms with E-state index in [9.17, 15) is 4.39 Å². The van der Waals surface area contributed by atoms with Crippen LogP contribution in [0.5, 0.6) is 0 Å². The molecule has 1 heteroatoms. The maximum atomic E-state index is 14.5. The lowest BCUT2D eigenvalue weighted by Crippen LogP contribution is -2.33. The molecule has 2 saturated carbocycles. The molecule has 0 bridgehead atoms. The summed E-state index contributed by atoms with van der Waals surface area (Å²) in [4.78, 5) is 0. The Balaban J connectivity index is 1.73. The van der Waals surface area contributed by atoms with E-state index in [2.05, 4.69) is 13.8 Å². The van der Waals surface area contributed by atoms with Gasteiger partial charge < -0.3 is 0 Å². The maximum absolute atomic E-state index is 14.5. The molecule has 0 spiro atoms. The summed E-state index contributed by atoms with van der Waals surface area (Å²) in [5.74, 6) is 2.78. The molecule has 2 aliphatic carbocycles. The Kier molecular flexibility index (Phi) is 5.71. The van der Waals surface area contributed by atoms with Crippen LogP contribution in [-0.2, 0) is 0 Å². The number of hydrogen-bond acceptors (Lipinski definition) is 0. The van der Waals surface area contributed by atoms with Gasteiger partial charge in [-0.25, -0.2) is 4.39 Å². The van der Waals surface area contributed by atoms with E-state index in [-0.39, 0.29) is 0 Å². The van der Waals surface area contributed by atoms with Crippen molar-refractivity contribution >= 4 is 0 Å². The molecule has 2 rings (SSSR count). The molecule has 0 heterocycles. The first-order valence-electron chi connectivity index (χ1n) is 8.85. The first-order chi connectivity index (χ1) is 9.17. The predicted molar refractivity (Wildman–Crippen MR) is 81.1 cm³/mol. The van der Waals surface area contributed by atoms with E-state index in [1.807, 2.05) is 0 Å². The Bertz CT molecular complexity index is 244. The molecule has 2 aliphatic rings. The standard InChI is InChI=1S/C18H33F/c1-3-5-15-6-8-16(9-7-15)17-10-13-18(19,12-4-2)14-11-17/h15-17H,3-14H2,1-2H3/t15-,16-,17?,18?. The summed E-state index contributed by atoms with van der Waals surface area (Å²) >= 11 is 0. The molecule has 0 amide bonds. The molecule has 0 aromatic heterocycles. The molecule has 0 unspecified atom stereocenters. The van der Waals surface area contributed by atoms with E-state index in [4.69, 9.17) is 0 Å². The molecule has 0 N–H and O–H groups in total. The van der Waals surface area contributed by atoms with Crippen LogP contribution in [-0.4, -0.2) is 5.67 Å². The number of rotatable bonds is 5. The zero-order chi connectivity index (χ0) is 13.7. The van der Waals surface area contributed by atoms with Gasteiger partial charge in [-0.05, 0) is 62.7 Å². The summed E-state index contributed by atoms with van der Waals surface area (Å²) in [5, 5.41) is 0. The van der Waals surface area contributed by atoms with Crippen molar-refractivity contribution in [3.63, 3.8) is 0 Å². The summed E-state index contributed by atoms with van der Waals surface area (Å²) < 4.78 is 14.5. The summed E-state index contributed by atoms with van der Waals surface area (Å²) in [6.07, 6.45) is 14.4. The molecule has 112 valence electrons. The summed E-state index contributed by atoms with van der Waals surface area (Å²) in [5.41, 5.74) is -0.801. The molecule has 0 saturated heterocycles. The molecule has 19 heavy (non-hydrogen) atoms. The van der Waals surface area contributed by atoms with Crippen molar-refractivity contribution in [2.24, 2.45) is 17.8 Å². The predicted octanol–water partition coefficient (Wildman–Crippen LogP) is 6.29. The number of halogens is 1. The van der Waals surface area contributed by atoms with E-state index in [1.165, 1.54) is 51.4 Å². The third-order valence-electron chi connectivity index (χ3n) is 5.88. The van der Waals surface area contributed by atoms with Crippen molar-refractivity contribution in [3.8, 4) is 0 Å². The lowest BCUT2D eigenvalue weighted by Gasteiger charge is -2.40. The average Bonchev–Trinajstić information content (AvgIpc) is 2.41. The quantitative estimate of drug-likeness (QED) is 0.549. The van der Waals surface area contributed by atoms with Crippen molar-refractivity contribution in [3.05, 3.63) is 0 Å². The summed E-state index contributed by atoms with van der Waals surface area (Å²) in [6, 6.07) is 0. The van der Waals surface area contributed by atoms with Crippen LogP contribution in [0.25, 0.3) is 0 Å². The Labute approximate surface area is 119 Å². The lowest BCUT2D eigenvalue weighted by molar-refractivity contribution is 0.0471. The molecule has 0 aliphatic heterocycles. The minimum atomic E-state index is -0.801. The Morgan fingerprint density at radius 2 is 1.42 bits per heavy atom. The van der Waals surface area contributed by atoms with Gasteiger partial charge in [0.1, 0.15) is 5.67 Å². The fourth-order valence-corrected chi connectivity index (χ4v) is 4.68. The monoisotopic (exact) mass is 268 g/mol. The van der Waals surface area contributed by atoms with Crippen LogP contribution >= 0.6 is 0 Å². The molecule has 0 atom stereocenters. The highest BCUT2D eigenvalue weighted by Gasteiger charge is 2.37. The van der Waals surface area contributed by atoms with Crippen LogP contribution < -0.4 is 0 Å². The molecule has 0 nitrogen and oxygen atoms in total. The zero-order valence-corrected chi connectivity index (χ0v) is 13.1. The van der Waals surface area contributed by atoms with Crippen LogP contribution in [0.4, 0.5) is 4.39 Å².